The van der Waals surface area contributed by atoms with Gasteiger partial charge in [0, 0.05) is 28.9 Å². The van der Waals surface area contributed by atoms with Gasteiger partial charge in [0.15, 0.2) is 0 Å². The number of aliphatic hydroxyl groups is 1. The molecule has 2 heterocycles. The van der Waals surface area contributed by atoms with Gasteiger partial charge in [0.25, 0.3) is 5.92 Å². The second kappa shape index (κ2) is 4.68. The van der Waals surface area contributed by atoms with Crippen LogP contribution in [0.5, 0.6) is 0 Å². The van der Waals surface area contributed by atoms with Gasteiger partial charge in [-0.05, 0) is 18.6 Å². The highest BCUT2D eigenvalue weighted by Gasteiger charge is 2.54. The standard InChI is InChI=1S/C13H14BrF2NO2/c14-8-1-2-9-10(7-8)17-4-6-19-5-3-11(17)13(15,16)12(9)18/h1-2,7,11-12,18H,3-6H2. The molecule has 0 bridgehead atoms. The molecule has 2 aliphatic heterocycles. The van der Waals surface area contributed by atoms with Gasteiger partial charge in [-0.15, -0.1) is 0 Å². The Hall–Kier alpha value is -0.720. The number of fused-ring (bicyclic) bond motifs is 3. The quantitative estimate of drug-likeness (QED) is 0.792. The lowest BCUT2D eigenvalue weighted by molar-refractivity contribution is -0.134. The molecule has 2 aliphatic rings. The number of benzene rings is 1. The van der Waals surface area contributed by atoms with Crippen LogP contribution in [0.2, 0.25) is 0 Å². The molecular weight excluding hydrogens is 320 g/mol. The summed E-state index contributed by atoms with van der Waals surface area (Å²) in [6.07, 6.45) is -1.54. The minimum absolute atomic E-state index is 0.218. The Morgan fingerprint density at radius 3 is 2.95 bits per heavy atom. The Kier molecular flexibility index (Phi) is 3.27. The summed E-state index contributed by atoms with van der Waals surface area (Å²) in [5.74, 6) is -3.16. The number of nitrogens with zero attached hydrogens (tertiary/aromatic N) is 1. The van der Waals surface area contributed by atoms with Crippen LogP contribution in [0.1, 0.15) is 18.1 Å². The molecule has 1 saturated heterocycles. The molecule has 3 rings (SSSR count). The molecule has 104 valence electrons. The molecule has 2 unspecified atom stereocenters. The Morgan fingerprint density at radius 2 is 2.16 bits per heavy atom. The van der Waals surface area contributed by atoms with E-state index >= 15 is 0 Å². The van der Waals surface area contributed by atoms with Gasteiger partial charge in [-0.2, -0.15) is 0 Å². The average Bonchev–Trinajstić information content (AvgIpc) is 2.62. The number of halogens is 3. The van der Waals surface area contributed by atoms with E-state index in [-0.39, 0.29) is 12.0 Å². The van der Waals surface area contributed by atoms with Crippen molar-refractivity contribution in [3.63, 3.8) is 0 Å². The first kappa shape index (κ1) is 13.3. The minimum Gasteiger partial charge on any atom is -0.382 e. The zero-order valence-corrected chi connectivity index (χ0v) is 11.7. The van der Waals surface area contributed by atoms with Gasteiger partial charge in [-0.3, -0.25) is 0 Å². The SMILES string of the molecule is OC1c2ccc(Br)cc2N2CCOCCC2C1(F)F. The number of anilines is 1. The maximum atomic E-state index is 14.3. The third kappa shape index (κ3) is 2.06. The van der Waals surface area contributed by atoms with E-state index in [1.54, 1.807) is 23.1 Å². The van der Waals surface area contributed by atoms with Crippen molar-refractivity contribution >= 4 is 21.6 Å². The van der Waals surface area contributed by atoms with Crippen LogP contribution in [-0.2, 0) is 4.74 Å². The molecule has 1 fully saturated rings. The molecule has 1 aromatic carbocycles. The summed E-state index contributed by atoms with van der Waals surface area (Å²) in [4.78, 5) is 1.67. The Labute approximate surface area is 118 Å². The second-order valence-electron chi connectivity index (χ2n) is 4.89. The Morgan fingerprint density at radius 1 is 1.37 bits per heavy atom. The summed E-state index contributed by atoms with van der Waals surface area (Å²) < 4.78 is 34.8. The fourth-order valence-electron chi connectivity index (χ4n) is 2.85. The van der Waals surface area contributed by atoms with E-state index < -0.39 is 18.1 Å². The molecule has 1 N–H and O–H groups in total. The smallest absolute Gasteiger partial charge is 0.297 e. The van der Waals surface area contributed by atoms with Crippen LogP contribution < -0.4 is 4.90 Å². The molecule has 3 nitrogen and oxygen atoms in total. The Balaban J connectivity index is 2.14. The van der Waals surface area contributed by atoms with Crippen LogP contribution in [0, 0.1) is 0 Å². The lowest BCUT2D eigenvalue weighted by Gasteiger charge is -2.44. The van der Waals surface area contributed by atoms with Crippen LogP contribution in [0.4, 0.5) is 14.5 Å². The van der Waals surface area contributed by atoms with E-state index in [0.717, 1.165) is 4.47 Å². The van der Waals surface area contributed by atoms with E-state index in [1.165, 1.54) is 0 Å². The van der Waals surface area contributed by atoms with Gasteiger partial charge >= 0.3 is 0 Å². The van der Waals surface area contributed by atoms with Crippen molar-refractivity contribution in [2.24, 2.45) is 0 Å². The van der Waals surface area contributed by atoms with E-state index in [4.69, 9.17) is 4.74 Å². The summed E-state index contributed by atoms with van der Waals surface area (Å²) in [7, 11) is 0. The summed E-state index contributed by atoms with van der Waals surface area (Å²) >= 11 is 3.35. The molecule has 0 radical (unpaired) electrons. The maximum absolute atomic E-state index is 14.3. The molecule has 0 saturated carbocycles. The molecular formula is C13H14BrF2NO2. The number of hydrogen-bond acceptors (Lipinski definition) is 3. The zero-order chi connectivity index (χ0) is 13.6. The molecule has 2 atom stereocenters. The van der Waals surface area contributed by atoms with Crippen LogP contribution in [0.15, 0.2) is 22.7 Å². The highest BCUT2D eigenvalue weighted by atomic mass is 79.9. The summed E-state index contributed by atoms with van der Waals surface area (Å²) in [5, 5.41) is 9.98. The predicted octanol–water partition coefficient (Wildman–Crippen LogP) is 2.73. The van der Waals surface area contributed by atoms with Crippen molar-refractivity contribution < 1.29 is 18.6 Å². The van der Waals surface area contributed by atoms with Crippen molar-refractivity contribution in [1.82, 2.24) is 0 Å². The van der Waals surface area contributed by atoms with Gasteiger partial charge in [0.05, 0.1) is 12.6 Å². The molecule has 0 amide bonds. The van der Waals surface area contributed by atoms with Crippen molar-refractivity contribution in [2.45, 2.75) is 24.5 Å². The van der Waals surface area contributed by atoms with Crippen molar-refractivity contribution in [3.8, 4) is 0 Å². The number of hydrogen-bond donors (Lipinski definition) is 1. The second-order valence-corrected chi connectivity index (χ2v) is 5.81. The van der Waals surface area contributed by atoms with Crippen LogP contribution in [0.25, 0.3) is 0 Å². The van der Waals surface area contributed by atoms with Crippen molar-refractivity contribution in [3.05, 3.63) is 28.2 Å². The first-order valence-electron chi connectivity index (χ1n) is 6.21. The third-order valence-electron chi connectivity index (χ3n) is 3.79. The molecule has 1 aromatic rings. The topological polar surface area (TPSA) is 32.7 Å². The van der Waals surface area contributed by atoms with E-state index in [1.807, 2.05) is 0 Å². The van der Waals surface area contributed by atoms with E-state index in [0.29, 0.717) is 25.4 Å². The van der Waals surface area contributed by atoms with Crippen molar-refractivity contribution in [1.29, 1.82) is 0 Å². The monoisotopic (exact) mass is 333 g/mol. The Bertz CT molecular complexity index is 498. The van der Waals surface area contributed by atoms with Crippen LogP contribution in [-0.4, -0.2) is 36.8 Å². The highest BCUT2D eigenvalue weighted by Crippen LogP contribution is 2.48. The average molecular weight is 334 g/mol. The summed E-state index contributed by atoms with van der Waals surface area (Å²) in [6.45, 7) is 1.14. The minimum atomic E-state index is -3.16. The van der Waals surface area contributed by atoms with Crippen LogP contribution >= 0.6 is 15.9 Å². The van der Waals surface area contributed by atoms with Gasteiger partial charge in [-0.1, -0.05) is 22.0 Å². The molecule has 0 aromatic heterocycles. The van der Waals surface area contributed by atoms with Gasteiger partial charge in [0.1, 0.15) is 6.10 Å². The normalized spacial score (nSPS) is 29.4. The largest absolute Gasteiger partial charge is 0.382 e. The maximum Gasteiger partial charge on any atom is 0.297 e. The lowest BCUT2D eigenvalue weighted by atomic mass is 9.88. The van der Waals surface area contributed by atoms with E-state index in [9.17, 15) is 13.9 Å². The highest BCUT2D eigenvalue weighted by molar-refractivity contribution is 9.10. The molecule has 6 heteroatoms. The molecule has 19 heavy (non-hydrogen) atoms. The first-order chi connectivity index (χ1) is 9.01. The fourth-order valence-corrected chi connectivity index (χ4v) is 3.20. The number of alkyl halides is 2. The number of rotatable bonds is 0. The van der Waals surface area contributed by atoms with Gasteiger partial charge in [0.2, 0.25) is 0 Å². The molecule has 0 spiro atoms. The van der Waals surface area contributed by atoms with Crippen molar-refractivity contribution in [2.75, 3.05) is 24.7 Å². The van der Waals surface area contributed by atoms with Crippen LogP contribution in [0.3, 0.4) is 0 Å². The zero-order valence-electron chi connectivity index (χ0n) is 10.2. The third-order valence-corrected chi connectivity index (χ3v) is 4.29. The first-order valence-corrected chi connectivity index (χ1v) is 7.01. The predicted molar refractivity (Wildman–Crippen MR) is 70.6 cm³/mol. The summed E-state index contributed by atoms with van der Waals surface area (Å²) in [5.41, 5.74) is 0.953. The molecule has 0 aliphatic carbocycles. The van der Waals surface area contributed by atoms with Gasteiger partial charge < -0.3 is 14.7 Å². The van der Waals surface area contributed by atoms with E-state index in [2.05, 4.69) is 15.9 Å². The number of ether oxygens (including phenoxy) is 1. The van der Waals surface area contributed by atoms with Gasteiger partial charge in [-0.25, -0.2) is 8.78 Å². The summed E-state index contributed by atoms with van der Waals surface area (Å²) in [6, 6.07) is 4.01. The lowest BCUT2D eigenvalue weighted by Crippen LogP contribution is -2.55. The fraction of sp³-hybridized carbons (Fsp3) is 0.538. The number of aliphatic hydroxyl groups excluding tert-OH is 1.